The molecule has 2 aromatic rings. The second kappa shape index (κ2) is 4.39. The van der Waals surface area contributed by atoms with Gasteiger partial charge in [0, 0.05) is 22.5 Å². The van der Waals surface area contributed by atoms with E-state index in [0.29, 0.717) is 6.04 Å². The lowest BCUT2D eigenvalue weighted by atomic mass is 9.78. The predicted octanol–water partition coefficient (Wildman–Crippen LogP) is 5.45. The van der Waals surface area contributed by atoms with Crippen molar-refractivity contribution in [3.05, 3.63) is 106 Å². The van der Waals surface area contributed by atoms with Gasteiger partial charge in [0.2, 0.25) is 0 Å². The van der Waals surface area contributed by atoms with Gasteiger partial charge in [-0.2, -0.15) is 0 Å². The van der Waals surface area contributed by atoms with Crippen LogP contribution in [0.3, 0.4) is 0 Å². The monoisotopic (exact) mass is 307 g/mol. The van der Waals surface area contributed by atoms with E-state index in [2.05, 4.69) is 77.7 Å². The van der Waals surface area contributed by atoms with Crippen LogP contribution in [0.15, 0.2) is 84.2 Å². The summed E-state index contributed by atoms with van der Waals surface area (Å²) in [6.45, 7) is 0. The molecule has 0 atom stereocenters. The molecular formula is C23H17N. The molecule has 4 aliphatic rings. The van der Waals surface area contributed by atoms with Crippen molar-refractivity contribution in [2.24, 2.45) is 0 Å². The Morgan fingerprint density at radius 2 is 1.12 bits per heavy atom. The highest BCUT2D eigenvalue weighted by Gasteiger charge is 2.42. The van der Waals surface area contributed by atoms with Crippen molar-refractivity contribution in [3.63, 3.8) is 0 Å². The molecule has 0 amide bonds. The number of allylic oxidation sites excluding steroid dienone is 6. The van der Waals surface area contributed by atoms with E-state index < -0.39 is 0 Å². The van der Waals surface area contributed by atoms with E-state index in [-0.39, 0.29) is 0 Å². The van der Waals surface area contributed by atoms with Gasteiger partial charge in [-0.3, -0.25) is 0 Å². The largest absolute Gasteiger partial charge is 0.329 e. The van der Waals surface area contributed by atoms with Crippen molar-refractivity contribution in [1.82, 2.24) is 4.90 Å². The van der Waals surface area contributed by atoms with Crippen LogP contribution in [0.1, 0.15) is 41.1 Å². The van der Waals surface area contributed by atoms with Crippen LogP contribution in [0.25, 0.3) is 11.1 Å². The molecule has 2 heterocycles. The Morgan fingerprint density at radius 1 is 0.625 bits per heavy atom. The van der Waals surface area contributed by atoms with Crippen molar-refractivity contribution in [2.45, 2.75) is 18.9 Å². The molecule has 1 nitrogen and oxygen atoms in total. The summed E-state index contributed by atoms with van der Waals surface area (Å²) in [4.78, 5) is 2.59. The lowest BCUT2D eigenvalue weighted by Gasteiger charge is -2.46. The number of hydrogen-bond donors (Lipinski definition) is 0. The van der Waals surface area contributed by atoms with E-state index >= 15 is 0 Å². The average Bonchev–Trinajstić information content (AvgIpc) is 3.31. The molecule has 0 fully saturated rings. The van der Waals surface area contributed by atoms with Gasteiger partial charge in [-0.05, 0) is 35.1 Å². The Kier molecular flexibility index (Phi) is 2.30. The Labute approximate surface area is 141 Å². The summed E-state index contributed by atoms with van der Waals surface area (Å²) in [6, 6.07) is 18.2. The minimum atomic E-state index is 0.292. The van der Waals surface area contributed by atoms with Crippen molar-refractivity contribution in [1.29, 1.82) is 0 Å². The normalized spacial score (nSPS) is 20.1. The number of fused-ring (bicyclic) bond motifs is 11. The molecule has 0 saturated carbocycles. The van der Waals surface area contributed by atoms with Crippen LogP contribution in [-0.2, 0) is 0 Å². The van der Waals surface area contributed by atoms with Gasteiger partial charge in [-0.25, -0.2) is 0 Å². The first-order valence-electron chi connectivity index (χ1n) is 8.73. The Hall–Kier alpha value is -2.80. The Bertz CT molecular complexity index is 934. The van der Waals surface area contributed by atoms with Crippen LogP contribution in [0.2, 0.25) is 0 Å². The third-order valence-corrected chi connectivity index (χ3v) is 5.69. The fourth-order valence-corrected chi connectivity index (χ4v) is 4.77. The minimum absolute atomic E-state index is 0.292. The SMILES string of the molecule is C1=C2C(=CC1)N1C3=CCC=C3c3ccccc3C1c1ccccc12. The van der Waals surface area contributed by atoms with Crippen LogP contribution in [-0.4, -0.2) is 4.90 Å². The number of benzene rings is 2. The van der Waals surface area contributed by atoms with Crippen molar-refractivity contribution in [2.75, 3.05) is 0 Å². The molecule has 0 radical (unpaired) electrons. The molecule has 6 rings (SSSR count). The fourth-order valence-electron chi connectivity index (χ4n) is 4.77. The average molecular weight is 307 g/mol. The zero-order valence-electron chi connectivity index (χ0n) is 13.4. The second-order valence-corrected chi connectivity index (χ2v) is 6.83. The van der Waals surface area contributed by atoms with E-state index in [9.17, 15) is 0 Å². The lowest BCUT2D eigenvalue weighted by Crippen LogP contribution is -2.36. The predicted molar refractivity (Wildman–Crippen MR) is 97.9 cm³/mol. The van der Waals surface area contributed by atoms with Gasteiger partial charge in [0.05, 0.1) is 6.04 Å². The smallest absolute Gasteiger partial charge is 0.0857 e. The number of hydrogen-bond acceptors (Lipinski definition) is 1. The van der Waals surface area contributed by atoms with E-state index in [1.54, 1.807) is 0 Å². The first-order valence-corrected chi connectivity index (χ1v) is 8.73. The third-order valence-electron chi connectivity index (χ3n) is 5.69. The standard InChI is InChI=1S/C23H17N/c1-3-9-19-15(7-1)17-11-5-13-21(17)24-22-14-6-12-18(22)16-8-2-4-10-20(16)23(19)24/h1-4,7-14,23H,5-6H2. The molecule has 0 aromatic heterocycles. The molecule has 2 aliphatic heterocycles. The van der Waals surface area contributed by atoms with Crippen LogP contribution in [0, 0.1) is 0 Å². The van der Waals surface area contributed by atoms with E-state index in [1.807, 2.05) is 0 Å². The highest BCUT2D eigenvalue weighted by molar-refractivity contribution is 5.92. The summed E-state index contributed by atoms with van der Waals surface area (Å²) < 4.78 is 0. The first kappa shape index (κ1) is 12.6. The lowest BCUT2D eigenvalue weighted by molar-refractivity contribution is 0.371. The highest BCUT2D eigenvalue weighted by atomic mass is 15.2. The van der Waals surface area contributed by atoms with Crippen molar-refractivity contribution >= 4 is 11.1 Å². The van der Waals surface area contributed by atoms with Gasteiger partial charge in [0.1, 0.15) is 0 Å². The molecule has 24 heavy (non-hydrogen) atoms. The summed E-state index contributed by atoms with van der Waals surface area (Å²) in [5.41, 5.74) is 11.3. The summed E-state index contributed by atoms with van der Waals surface area (Å²) in [7, 11) is 0. The summed E-state index contributed by atoms with van der Waals surface area (Å²) in [5.74, 6) is 0. The quantitative estimate of drug-likeness (QED) is 0.626. The fraction of sp³-hybridized carbons (Fsp3) is 0.130. The zero-order chi connectivity index (χ0) is 15.7. The molecule has 0 spiro atoms. The molecule has 0 saturated heterocycles. The maximum absolute atomic E-state index is 2.59. The summed E-state index contributed by atoms with van der Waals surface area (Å²) in [5, 5.41) is 0. The second-order valence-electron chi connectivity index (χ2n) is 6.83. The third kappa shape index (κ3) is 1.41. The summed E-state index contributed by atoms with van der Waals surface area (Å²) in [6.07, 6.45) is 11.6. The maximum atomic E-state index is 2.59. The van der Waals surface area contributed by atoms with E-state index in [1.165, 1.54) is 44.8 Å². The van der Waals surface area contributed by atoms with Crippen LogP contribution in [0.4, 0.5) is 0 Å². The van der Waals surface area contributed by atoms with Gasteiger partial charge in [0.15, 0.2) is 0 Å². The van der Waals surface area contributed by atoms with Gasteiger partial charge in [-0.1, -0.05) is 72.8 Å². The Balaban J connectivity index is 1.74. The highest BCUT2D eigenvalue weighted by Crippen LogP contribution is 2.55. The van der Waals surface area contributed by atoms with Gasteiger partial charge in [0.25, 0.3) is 0 Å². The number of rotatable bonds is 0. The van der Waals surface area contributed by atoms with Crippen LogP contribution >= 0.6 is 0 Å². The maximum Gasteiger partial charge on any atom is 0.0857 e. The van der Waals surface area contributed by atoms with Gasteiger partial charge < -0.3 is 4.90 Å². The molecule has 0 bridgehead atoms. The first-order chi connectivity index (χ1) is 11.9. The molecule has 114 valence electrons. The van der Waals surface area contributed by atoms with Crippen molar-refractivity contribution < 1.29 is 0 Å². The molecule has 1 heteroatoms. The van der Waals surface area contributed by atoms with Gasteiger partial charge >= 0.3 is 0 Å². The summed E-state index contributed by atoms with van der Waals surface area (Å²) >= 11 is 0. The molecular weight excluding hydrogens is 290 g/mol. The number of nitrogens with zero attached hydrogens (tertiary/aromatic N) is 1. The molecule has 2 aromatic carbocycles. The topological polar surface area (TPSA) is 3.24 Å². The van der Waals surface area contributed by atoms with Crippen LogP contribution in [0.5, 0.6) is 0 Å². The van der Waals surface area contributed by atoms with Gasteiger partial charge in [-0.15, -0.1) is 0 Å². The van der Waals surface area contributed by atoms with Crippen LogP contribution < -0.4 is 0 Å². The zero-order valence-corrected chi connectivity index (χ0v) is 13.4. The molecule has 0 N–H and O–H groups in total. The Morgan fingerprint density at radius 3 is 1.67 bits per heavy atom. The molecule has 0 unspecified atom stereocenters. The van der Waals surface area contributed by atoms with Crippen molar-refractivity contribution in [3.8, 4) is 0 Å². The van der Waals surface area contributed by atoms with E-state index in [4.69, 9.17) is 0 Å². The minimum Gasteiger partial charge on any atom is -0.329 e. The van der Waals surface area contributed by atoms with E-state index in [0.717, 1.165) is 12.8 Å². The molecule has 2 aliphatic carbocycles.